The van der Waals surface area contributed by atoms with Crippen LogP contribution in [0.25, 0.3) is 0 Å². The Kier molecular flexibility index (Phi) is 32.7. The molecule has 9 amide bonds. The van der Waals surface area contributed by atoms with Crippen LogP contribution in [0.15, 0.2) is 66.7 Å². The molecule has 2 aromatic rings. The van der Waals surface area contributed by atoms with Crippen LogP contribution in [0.4, 0.5) is 15.3 Å². The summed E-state index contributed by atoms with van der Waals surface area (Å²) >= 11 is 0. The van der Waals surface area contributed by atoms with E-state index in [4.69, 9.17) is 19.9 Å². The van der Waals surface area contributed by atoms with E-state index in [0.717, 1.165) is 10.5 Å². The quantitative estimate of drug-likeness (QED) is 0.0309. The summed E-state index contributed by atoms with van der Waals surface area (Å²) in [6, 6.07) is 12.2. The van der Waals surface area contributed by atoms with Gasteiger partial charge in [-0.2, -0.15) is 0 Å². The number of amides is 9. The molecule has 0 aliphatic carbocycles. The number of benzene rings is 2. The van der Waals surface area contributed by atoms with Gasteiger partial charge >= 0.3 is 12.1 Å². The number of aliphatic hydroxyl groups excluding tert-OH is 1. The first kappa shape index (κ1) is 79.1. The predicted octanol–water partition coefficient (Wildman–Crippen LogP) is 8.35. The number of nitrogens with two attached hydrogens (primary N) is 1. The van der Waals surface area contributed by atoms with Crippen molar-refractivity contribution < 1.29 is 72.1 Å². The number of unbranched alkanes of at least 4 members (excludes halogenated alkanes) is 2. The van der Waals surface area contributed by atoms with E-state index in [1.165, 1.54) is 31.2 Å². The Morgan fingerprint density at radius 3 is 1.95 bits per heavy atom. The van der Waals surface area contributed by atoms with Gasteiger partial charge in [-0.25, -0.2) is 9.59 Å². The molecule has 0 radical (unpaired) electrons. The maximum atomic E-state index is 14.9. The number of Topliss-reactive ketones (excluding diaryl/α,β-unsaturated/α-hetero) is 3. The van der Waals surface area contributed by atoms with E-state index in [-0.39, 0.29) is 141 Å². The highest BCUT2D eigenvalue weighted by atomic mass is 16.6. The summed E-state index contributed by atoms with van der Waals surface area (Å²) in [6.45, 7) is 19.3. The van der Waals surface area contributed by atoms with Crippen molar-refractivity contribution in [1.82, 2.24) is 30.2 Å². The number of carbonyl (C=O) groups is 11. The van der Waals surface area contributed by atoms with Crippen LogP contribution in [-0.2, 0) is 64.0 Å². The summed E-state index contributed by atoms with van der Waals surface area (Å²) in [7, 11) is 6.24. The minimum atomic E-state index is -0.966. The zero-order chi connectivity index (χ0) is 70.1. The van der Waals surface area contributed by atoms with Crippen molar-refractivity contribution in [2.45, 2.75) is 202 Å². The fourth-order valence-corrected chi connectivity index (χ4v) is 13.0. The molecule has 2 aromatic carbocycles. The van der Waals surface area contributed by atoms with Crippen LogP contribution < -0.4 is 21.7 Å². The smallest absolute Gasteiger partial charge is 0.410 e. The Morgan fingerprint density at radius 1 is 0.723 bits per heavy atom. The van der Waals surface area contributed by atoms with Gasteiger partial charge in [-0.05, 0) is 91.4 Å². The number of hydrogen-bond acceptors (Lipinski definition) is 15. The van der Waals surface area contributed by atoms with E-state index in [2.05, 4.69) is 16.0 Å². The van der Waals surface area contributed by atoms with Crippen LogP contribution in [0.2, 0.25) is 0 Å². The standard InChI is InChI=1S/C71H108N8O15/c1-15-46(8)65(58(92-13)41-62(86)78-37-23-27-54(78)67(93-14)48(10)55(80)38-47(9)66(87)50-24-18-16-19-25-50)76(11)69(89)53(43(2)3)40-57(82)64(45(6)7)77(12)71(91)94-42-49-29-31-52(32-30-49)74-68(88)51(26-22-35-73-70(72)90)39-56(81)63(44(4)5)75-59(83)28-20-17-21-36-79-60(84)33-34-61(79)85/h16,18-19,24-25,29-34,43-48,51,53-54,58,63-67,87H,15,17,20-23,26-28,35-42H2,1-14H3,(H,74,88)(H,75,83)(H3,72,73,90)/t46-,47-,48-,51+,53-,54-,58+,63-,64-,65-,66-,67+/m0/s1. The number of ether oxygens (including phenoxy) is 3. The van der Waals surface area contributed by atoms with Crippen molar-refractivity contribution in [3.8, 4) is 0 Å². The number of carbonyl (C=O) groups excluding carboxylic acids is 11. The van der Waals surface area contributed by atoms with Gasteiger partial charge in [0.15, 0.2) is 11.6 Å². The minimum Gasteiger partial charge on any atom is -0.445 e. The van der Waals surface area contributed by atoms with Gasteiger partial charge in [-0.1, -0.05) is 125 Å². The third-order valence-corrected chi connectivity index (χ3v) is 18.7. The van der Waals surface area contributed by atoms with Crippen LogP contribution in [-0.4, -0.2) is 174 Å². The van der Waals surface area contributed by atoms with Crippen LogP contribution in [0.3, 0.4) is 0 Å². The van der Waals surface area contributed by atoms with Crippen LogP contribution >= 0.6 is 0 Å². The molecule has 0 saturated carbocycles. The molecule has 12 atom stereocenters. The second-order valence-electron chi connectivity index (χ2n) is 26.7. The number of hydrogen-bond donors (Lipinski definition) is 5. The van der Waals surface area contributed by atoms with E-state index in [0.29, 0.717) is 62.7 Å². The summed E-state index contributed by atoms with van der Waals surface area (Å²) in [5.74, 6) is -6.50. The second-order valence-corrected chi connectivity index (χ2v) is 26.7. The largest absolute Gasteiger partial charge is 0.445 e. The first-order valence-corrected chi connectivity index (χ1v) is 33.6. The van der Waals surface area contributed by atoms with Gasteiger partial charge in [0.05, 0.1) is 48.9 Å². The molecule has 1 fully saturated rings. The Morgan fingerprint density at radius 2 is 1.37 bits per heavy atom. The number of ketones is 3. The molecule has 0 aromatic heterocycles. The average Bonchev–Trinajstić information content (AvgIpc) is 1.33. The van der Waals surface area contributed by atoms with Crippen molar-refractivity contribution in [2.24, 2.45) is 53.1 Å². The zero-order valence-corrected chi connectivity index (χ0v) is 58.1. The first-order chi connectivity index (χ1) is 44.5. The maximum Gasteiger partial charge on any atom is 0.410 e. The number of methoxy groups -OCH3 is 2. The molecular formula is C71H108N8O15. The summed E-state index contributed by atoms with van der Waals surface area (Å²) < 4.78 is 17.9. The van der Waals surface area contributed by atoms with Crippen LogP contribution in [0.1, 0.15) is 170 Å². The number of likely N-dealkylation sites (tertiary alicyclic amines) is 1. The molecule has 4 rings (SSSR count). The Balaban J connectivity index is 1.37. The zero-order valence-electron chi connectivity index (χ0n) is 58.1. The average molecular weight is 1310 g/mol. The van der Waals surface area contributed by atoms with Crippen molar-refractivity contribution in [2.75, 3.05) is 53.3 Å². The normalized spacial score (nSPS) is 17.5. The SMILES string of the molecule is CC[C@H](C)[C@@H]([C@@H](CC(=O)N1CCC[C@H]1[C@H](OC)[C@@H](C)C(=O)C[C@H](C)[C@H](O)c1ccccc1)OC)N(C)C(=O)[C@@H](CC(=O)[C@H](C(C)C)N(C)C(=O)OCc1ccc(NC(=O)[C@H](CCCNC(N)=O)CC(=O)[C@@H](NC(=O)CCCCCN2C(=O)C=CC2=O)C(C)C)cc1)C(C)C. The molecule has 0 spiro atoms. The van der Waals surface area contributed by atoms with Gasteiger partial charge in [0, 0.05) is 109 Å². The maximum absolute atomic E-state index is 14.9. The van der Waals surface area contributed by atoms with Gasteiger partial charge < -0.3 is 55.7 Å². The molecule has 522 valence electrons. The number of rotatable bonds is 41. The third-order valence-electron chi connectivity index (χ3n) is 18.7. The Hall–Kier alpha value is -7.37. The van der Waals surface area contributed by atoms with Gasteiger partial charge in [-0.15, -0.1) is 0 Å². The van der Waals surface area contributed by atoms with E-state index in [1.54, 1.807) is 62.1 Å². The number of nitrogens with one attached hydrogen (secondary N) is 3. The van der Waals surface area contributed by atoms with E-state index >= 15 is 0 Å². The molecule has 0 unspecified atom stereocenters. The van der Waals surface area contributed by atoms with Gasteiger partial charge in [0.2, 0.25) is 23.6 Å². The number of imide groups is 1. The lowest BCUT2D eigenvalue weighted by molar-refractivity contribution is -0.149. The van der Waals surface area contributed by atoms with Gasteiger partial charge in [0.25, 0.3) is 11.8 Å². The Bertz CT molecular complexity index is 2870. The summed E-state index contributed by atoms with van der Waals surface area (Å²) in [5, 5.41) is 19.2. The molecule has 94 heavy (non-hydrogen) atoms. The minimum absolute atomic E-state index is 0.0541. The summed E-state index contributed by atoms with van der Waals surface area (Å²) in [5.41, 5.74) is 6.94. The molecule has 1 saturated heterocycles. The lowest BCUT2D eigenvalue weighted by Crippen LogP contribution is -2.54. The number of primary amides is 1. The number of likely N-dealkylation sites (N-methyl/N-ethyl adjacent to an activating group) is 2. The van der Waals surface area contributed by atoms with Crippen molar-refractivity contribution >= 4 is 70.6 Å². The van der Waals surface area contributed by atoms with Gasteiger partial charge in [0.1, 0.15) is 12.4 Å². The van der Waals surface area contributed by atoms with Crippen molar-refractivity contribution in [3.63, 3.8) is 0 Å². The fourth-order valence-electron chi connectivity index (χ4n) is 13.0. The molecule has 23 nitrogen and oxygen atoms in total. The van der Waals surface area contributed by atoms with Crippen molar-refractivity contribution in [1.29, 1.82) is 0 Å². The summed E-state index contributed by atoms with van der Waals surface area (Å²) in [4.78, 5) is 153. The predicted molar refractivity (Wildman–Crippen MR) is 357 cm³/mol. The lowest BCUT2D eigenvalue weighted by Gasteiger charge is -2.41. The fraction of sp³-hybridized carbons (Fsp3) is 0.648. The van der Waals surface area contributed by atoms with E-state index in [9.17, 15) is 57.8 Å². The highest BCUT2D eigenvalue weighted by molar-refractivity contribution is 6.12. The lowest BCUT2D eigenvalue weighted by atomic mass is 9.83. The topological polar surface area (TPSA) is 311 Å². The van der Waals surface area contributed by atoms with Crippen molar-refractivity contribution in [3.05, 3.63) is 77.9 Å². The number of urea groups is 1. The number of nitrogens with zero attached hydrogens (tertiary/aromatic N) is 4. The van der Waals surface area contributed by atoms with E-state index < -0.39 is 72.2 Å². The van der Waals surface area contributed by atoms with Gasteiger partial charge in [-0.3, -0.25) is 48.1 Å². The highest BCUT2D eigenvalue weighted by Crippen LogP contribution is 2.34. The molecule has 23 heteroatoms. The molecule has 2 aliphatic heterocycles. The first-order valence-electron chi connectivity index (χ1n) is 33.6. The number of anilines is 1. The van der Waals surface area contributed by atoms with E-state index in [1.807, 2.05) is 85.7 Å². The highest BCUT2D eigenvalue weighted by Gasteiger charge is 2.44. The molecular weight excluding hydrogens is 1200 g/mol. The molecule has 6 N–H and O–H groups in total. The number of aliphatic hydroxyl groups is 1. The van der Waals surface area contributed by atoms with Crippen LogP contribution in [0, 0.1) is 47.3 Å². The second kappa shape index (κ2) is 38.9. The molecule has 2 aliphatic rings. The molecule has 2 heterocycles. The third kappa shape index (κ3) is 23.2. The van der Waals surface area contributed by atoms with Crippen LogP contribution in [0.5, 0.6) is 0 Å². The molecule has 0 bridgehead atoms. The Labute approximate surface area is 556 Å². The monoisotopic (exact) mass is 1310 g/mol. The summed E-state index contributed by atoms with van der Waals surface area (Å²) in [6.07, 6.45) is 3.38.